The number of nitrogens with zero attached hydrogens (tertiary/aromatic N) is 10. The Morgan fingerprint density at radius 1 is 1.12 bits per heavy atom. The average Bonchev–Trinajstić information content (AvgIpc) is 3.53. The molecule has 11 nitrogen and oxygen atoms in total. The van der Waals surface area contributed by atoms with Crippen molar-refractivity contribution >= 4 is 29.5 Å². The van der Waals surface area contributed by atoms with Crippen molar-refractivity contribution in [1.82, 2.24) is 39.6 Å². The van der Waals surface area contributed by atoms with Crippen LogP contribution in [0.15, 0.2) is 16.7 Å². The Bertz CT molecular complexity index is 1220. The molecule has 1 fully saturated rings. The van der Waals surface area contributed by atoms with Crippen LogP contribution >= 0.6 is 11.3 Å². The van der Waals surface area contributed by atoms with Crippen molar-refractivity contribution in [2.45, 2.75) is 33.2 Å². The fraction of sp³-hybridized carbons (Fsp3) is 0.450. The molecule has 0 N–H and O–H groups in total. The third-order valence-corrected chi connectivity index (χ3v) is 6.42. The average molecular weight is 471 g/mol. The predicted molar refractivity (Wildman–Crippen MR) is 120 cm³/mol. The van der Waals surface area contributed by atoms with E-state index in [1.54, 1.807) is 36.3 Å². The van der Waals surface area contributed by atoms with Gasteiger partial charge in [0, 0.05) is 44.2 Å². The summed E-state index contributed by atoms with van der Waals surface area (Å²) in [5, 5.41) is 13.0. The van der Waals surface area contributed by atoms with E-state index in [2.05, 4.69) is 30.1 Å². The van der Waals surface area contributed by atoms with Crippen LogP contribution in [0.25, 0.3) is 5.82 Å². The number of aromatic nitrogens is 6. The number of halogens is 1. The summed E-state index contributed by atoms with van der Waals surface area (Å²) in [6, 6.07) is -0.314. The van der Waals surface area contributed by atoms with Crippen molar-refractivity contribution < 1.29 is 9.18 Å². The third kappa shape index (κ3) is 4.03. The van der Waals surface area contributed by atoms with E-state index in [1.165, 1.54) is 9.69 Å². The first-order valence-corrected chi connectivity index (χ1v) is 11.5. The molecule has 0 aromatic carbocycles. The minimum atomic E-state index is -0.573. The fourth-order valence-electron chi connectivity index (χ4n) is 3.99. The fourth-order valence-corrected chi connectivity index (χ4v) is 4.65. The monoisotopic (exact) mass is 470 g/mol. The first-order chi connectivity index (χ1) is 15.9. The molecule has 1 unspecified atom stereocenters. The van der Waals surface area contributed by atoms with Gasteiger partial charge in [-0.2, -0.15) is 14.8 Å². The number of anilines is 1. The summed E-state index contributed by atoms with van der Waals surface area (Å²) in [5.41, 5.74) is 0.868. The maximum Gasteiger partial charge on any atom is 0.341 e. The Morgan fingerprint density at radius 3 is 2.58 bits per heavy atom. The molecule has 0 saturated carbocycles. The summed E-state index contributed by atoms with van der Waals surface area (Å²) in [7, 11) is 0. The van der Waals surface area contributed by atoms with E-state index >= 15 is 0 Å². The van der Waals surface area contributed by atoms with Gasteiger partial charge in [0.05, 0.1) is 16.9 Å². The molecule has 172 valence electrons. The van der Waals surface area contributed by atoms with E-state index in [9.17, 15) is 9.18 Å². The van der Waals surface area contributed by atoms with Crippen molar-refractivity contribution in [2.24, 2.45) is 5.10 Å². The first kappa shape index (κ1) is 21.4. The Hall–Kier alpha value is -3.48. The van der Waals surface area contributed by atoms with Crippen molar-refractivity contribution in [3.63, 3.8) is 0 Å². The Labute approximate surface area is 193 Å². The molecule has 0 radical (unpaired) electrons. The highest BCUT2D eigenvalue weighted by Gasteiger charge is 2.34. The highest BCUT2D eigenvalue weighted by atomic mass is 32.1. The van der Waals surface area contributed by atoms with Crippen molar-refractivity contribution in [3.05, 3.63) is 39.7 Å². The van der Waals surface area contributed by atoms with Crippen LogP contribution in [0.4, 0.5) is 15.1 Å². The zero-order valence-corrected chi connectivity index (χ0v) is 19.3. The molecule has 2 aliphatic heterocycles. The van der Waals surface area contributed by atoms with Crippen LogP contribution in [0.3, 0.4) is 0 Å². The molecule has 2 amide bonds. The number of hydrogen-bond donors (Lipinski definition) is 0. The smallest absolute Gasteiger partial charge is 0.337 e. The lowest BCUT2D eigenvalue weighted by Crippen LogP contribution is -2.52. The summed E-state index contributed by atoms with van der Waals surface area (Å²) in [4.78, 5) is 34.1. The number of carbonyl (C=O) groups excluding carboxylic acids is 1. The molecule has 1 saturated heterocycles. The molecule has 5 rings (SSSR count). The second-order valence-electron chi connectivity index (χ2n) is 7.90. The molecule has 3 aromatic rings. The second kappa shape index (κ2) is 8.46. The number of hydrogen-bond acceptors (Lipinski definition) is 9. The van der Waals surface area contributed by atoms with Gasteiger partial charge < -0.3 is 9.80 Å². The number of rotatable bonds is 3. The first-order valence-electron chi connectivity index (χ1n) is 10.6. The van der Waals surface area contributed by atoms with Crippen LogP contribution in [0, 0.1) is 26.6 Å². The molecule has 1 atom stereocenters. The van der Waals surface area contributed by atoms with Crippen LogP contribution in [-0.2, 0) is 0 Å². The van der Waals surface area contributed by atoms with Gasteiger partial charge in [-0.25, -0.2) is 29.1 Å². The lowest BCUT2D eigenvalue weighted by atomic mass is 10.2. The van der Waals surface area contributed by atoms with Crippen LogP contribution < -0.4 is 4.90 Å². The SMILES string of the molecule is Cc1nc(C)n(-c2nc(N3CCN(C(=O)N4N=CCC4c4csc(C)n4)CC3)ncc2F)n1. The maximum absolute atomic E-state index is 14.4. The van der Waals surface area contributed by atoms with E-state index in [0.717, 1.165) is 16.9 Å². The van der Waals surface area contributed by atoms with Crippen LogP contribution in [0.1, 0.15) is 34.8 Å². The molecule has 5 heterocycles. The second-order valence-corrected chi connectivity index (χ2v) is 8.96. The van der Waals surface area contributed by atoms with Crippen molar-refractivity contribution in [2.75, 3.05) is 31.1 Å². The maximum atomic E-state index is 14.4. The quantitative estimate of drug-likeness (QED) is 0.578. The number of aryl methyl sites for hydroxylation is 3. The van der Waals surface area contributed by atoms with Gasteiger partial charge in [-0.1, -0.05) is 0 Å². The van der Waals surface area contributed by atoms with Gasteiger partial charge in [-0.3, -0.25) is 0 Å². The van der Waals surface area contributed by atoms with Gasteiger partial charge in [0.15, 0.2) is 11.6 Å². The Balaban J connectivity index is 1.27. The number of urea groups is 1. The molecule has 0 aliphatic carbocycles. The lowest BCUT2D eigenvalue weighted by molar-refractivity contribution is 0.138. The zero-order valence-electron chi connectivity index (χ0n) is 18.5. The van der Waals surface area contributed by atoms with Crippen LogP contribution in [0.5, 0.6) is 0 Å². The van der Waals surface area contributed by atoms with Gasteiger partial charge in [0.1, 0.15) is 17.7 Å². The number of hydrazone groups is 1. The van der Waals surface area contributed by atoms with Crippen LogP contribution in [0.2, 0.25) is 0 Å². The minimum absolute atomic E-state index is 0.0596. The standard InChI is InChI=1S/C20H23FN10OS/c1-12-24-13(2)30(27-12)18-15(21)10-22-19(26-18)28-6-8-29(9-7-28)20(32)31-17(4-5-23-31)16-11-33-14(3)25-16/h5,10-11,17H,4,6-9H2,1-3H3. The molecule has 3 aromatic heterocycles. The molecule has 2 aliphatic rings. The Kier molecular flexibility index (Phi) is 5.48. The number of thiazole rings is 1. The van der Waals surface area contributed by atoms with Gasteiger partial charge >= 0.3 is 6.03 Å². The molecule has 0 spiro atoms. The van der Waals surface area contributed by atoms with Crippen LogP contribution in [-0.4, -0.2) is 78.0 Å². The number of carbonyl (C=O) groups is 1. The third-order valence-electron chi connectivity index (χ3n) is 5.63. The van der Waals surface area contributed by atoms with E-state index in [1.807, 2.05) is 17.2 Å². The summed E-state index contributed by atoms with van der Waals surface area (Å²) in [6.07, 6.45) is 3.56. The largest absolute Gasteiger partial charge is 0.341 e. The summed E-state index contributed by atoms with van der Waals surface area (Å²) in [5.74, 6) is 0.957. The van der Waals surface area contributed by atoms with Crippen molar-refractivity contribution in [3.8, 4) is 5.82 Å². The predicted octanol–water partition coefficient (Wildman–Crippen LogP) is 2.25. The highest BCUT2D eigenvalue weighted by Crippen LogP contribution is 2.30. The summed E-state index contributed by atoms with van der Waals surface area (Å²) in [6.45, 7) is 7.42. The highest BCUT2D eigenvalue weighted by molar-refractivity contribution is 7.09. The van der Waals surface area contributed by atoms with E-state index in [0.29, 0.717) is 50.2 Å². The van der Waals surface area contributed by atoms with Gasteiger partial charge in [-0.05, 0) is 20.8 Å². The van der Waals surface area contributed by atoms with E-state index in [-0.39, 0.29) is 17.9 Å². The van der Waals surface area contributed by atoms with E-state index < -0.39 is 5.82 Å². The number of piperazine rings is 1. The lowest BCUT2D eigenvalue weighted by Gasteiger charge is -2.36. The Morgan fingerprint density at radius 2 is 1.91 bits per heavy atom. The van der Waals surface area contributed by atoms with E-state index in [4.69, 9.17) is 0 Å². The summed E-state index contributed by atoms with van der Waals surface area (Å²) >= 11 is 1.57. The number of amides is 2. The van der Waals surface area contributed by atoms with Gasteiger partial charge in [0.2, 0.25) is 5.95 Å². The summed E-state index contributed by atoms with van der Waals surface area (Å²) < 4.78 is 15.8. The normalized spacial score (nSPS) is 18.4. The molecular weight excluding hydrogens is 447 g/mol. The topological polar surface area (TPSA) is 109 Å². The molecule has 33 heavy (non-hydrogen) atoms. The minimum Gasteiger partial charge on any atom is -0.337 e. The molecule has 13 heteroatoms. The molecule has 0 bridgehead atoms. The molecular formula is C20H23FN10OS. The van der Waals surface area contributed by atoms with Gasteiger partial charge in [-0.15, -0.1) is 16.4 Å². The van der Waals surface area contributed by atoms with Gasteiger partial charge in [0.25, 0.3) is 0 Å². The van der Waals surface area contributed by atoms with Crippen molar-refractivity contribution in [1.29, 1.82) is 0 Å². The zero-order chi connectivity index (χ0) is 23.1.